The topological polar surface area (TPSA) is 50.4 Å². The number of rotatable bonds is 1. The Hall–Kier alpha value is -1.03. The Labute approximate surface area is 62.7 Å². The predicted molar refractivity (Wildman–Crippen MR) is 37.4 cm³/mol. The van der Waals surface area contributed by atoms with Crippen LogP contribution in [-0.2, 0) is 7.05 Å². The van der Waals surface area contributed by atoms with Gasteiger partial charge in [0.25, 0.3) is 0 Å². The van der Waals surface area contributed by atoms with E-state index in [0.717, 1.165) is 0 Å². The van der Waals surface area contributed by atoms with E-state index in [1.165, 1.54) is 0 Å². The molecular formula is C5H6ClN3O. The fourth-order valence-corrected chi connectivity index (χ4v) is 0.677. The quantitative estimate of drug-likeness (QED) is 0.374. The van der Waals surface area contributed by atoms with E-state index in [0.29, 0.717) is 5.69 Å². The Morgan fingerprint density at radius 1 is 1.90 bits per heavy atom. The highest BCUT2D eigenvalue weighted by molar-refractivity contribution is 6.69. The van der Waals surface area contributed by atoms with E-state index in [9.17, 15) is 0 Å². The van der Waals surface area contributed by atoms with Gasteiger partial charge in [-0.3, -0.25) is 4.68 Å². The second-order valence-electron chi connectivity index (χ2n) is 1.77. The summed E-state index contributed by atoms with van der Waals surface area (Å²) >= 11 is 5.43. The van der Waals surface area contributed by atoms with Gasteiger partial charge in [-0.1, -0.05) is 16.8 Å². The van der Waals surface area contributed by atoms with Gasteiger partial charge >= 0.3 is 0 Å². The fourth-order valence-electron chi connectivity index (χ4n) is 0.576. The highest BCUT2D eigenvalue weighted by atomic mass is 35.5. The lowest BCUT2D eigenvalue weighted by Crippen LogP contribution is -1.94. The van der Waals surface area contributed by atoms with E-state index in [1.54, 1.807) is 24.0 Å². The number of oxime groups is 1. The van der Waals surface area contributed by atoms with E-state index in [2.05, 4.69) is 10.3 Å². The maximum Gasteiger partial charge on any atom is 0.195 e. The lowest BCUT2D eigenvalue weighted by molar-refractivity contribution is 0.320. The van der Waals surface area contributed by atoms with Crippen LogP contribution in [0.25, 0.3) is 0 Å². The first kappa shape index (κ1) is 7.08. The molecule has 0 bridgehead atoms. The molecule has 1 aromatic rings. The first-order chi connectivity index (χ1) is 4.74. The molecule has 4 nitrogen and oxygen atoms in total. The van der Waals surface area contributed by atoms with Gasteiger partial charge in [0.1, 0.15) is 5.69 Å². The molecule has 1 N–H and O–H groups in total. The van der Waals surface area contributed by atoms with Crippen LogP contribution < -0.4 is 0 Å². The van der Waals surface area contributed by atoms with Crippen molar-refractivity contribution in [1.29, 1.82) is 0 Å². The minimum atomic E-state index is 0.000556. The lowest BCUT2D eigenvalue weighted by atomic mass is 10.5. The Morgan fingerprint density at radius 3 is 3.00 bits per heavy atom. The Bertz CT molecular complexity index is 255. The number of nitrogens with zero attached hydrogens (tertiary/aromatic N) is 3. The normalized spacial score (nSPS) is 12.0. The van der Waals surface area contributed by atoms with E-state index in [1.807, 2.05) is 0 Å². The summed E-state index contributed by atoms with van der Waals surface area (Å²) in [5, 5.41) is 14.9. The molecule has 1 aromatic heterocycles. The summed E-state index contributed by atoms with van der Waals surface area (Å²) in [6.45, 7) is 0. The van der Waals surface area contributed by atoms with Crippen molar-refractivity contribution in [3.63, 3.8) is 0 Å². The molecule has 10 heavy (non-hydrogen) atoms. The molecule has 0 amide bonds. The molecule has 1 rings (SSSR count). The van der Waals surface area contributed by atoms with Crippen LogP contribution in [0.2, 0.25) is 0 Å². The van der Waals surface area contributed by atoms with Gasteiger partial charge in [-0.2, -0.15) is 5.10 Å². The molecule has 0 aliphatic heterocycles. The van der Waals surface area contributed by atoms with Gasteiger partial charge in [0.05, 0.1) is 0 Å². The maximum atomic E-state index is 8.20. The first-order valence-corrected chi connectivity index (χ1v) is 2.99. The largest absolute Gasteiger partial charge is 0.410 e. The van der Waals surface area contributed by atoms with Crippen molar-refractivity contribution in [1.82, 2.24) is 9.78 Å². The monoisotopic (exact) mass is 159 g/mol. The van der Waals surface area contributed by atoms with E-state index >= 15 is 0 Å². The third kappa shape index (κ3) is 1.27. The average molecular weight is 160 g/mol. The van der Waals surface area contributed by atoms with E-state index < -0.39 is 0 Å². The van der Waals surface area contributed by atoms with E-state index in [4.69, 9.17) is 16.8 Å². The minimum Gasteiger partial charge on any atom is -0.410 e. The smallest absolute Gasteiger partial charge is 0.195 e. The zero-order chi connectivity index (χ0) is 7.56. The zero-order valence-electron chi connectivity index (χ0n) is 5.32. The summed E-state index contributed by atoms with van der Waals surface area (Å²) in [5.74, 6) is 0. The molecule has 0 aliphatic rings. The van der Waals surface area contributed by atoms with Crippen LogP contribution in [0.15, 0.2) is 17.4 Å². The van der Waals surface area contributed by atoms with Crippen molar-refractivity contribution in [2.24, 2.45) is 12.2 Å². The molecule has 0 aliphatic carbocycles. The van der Waals surface area contributed by atoms with Crippen LogP contribution in [-0.4, -0.2) is 20.2 Å². The molecule has 0 saturated carbocycles. The van der Waals surface area contributed by atoms with Gasteiger partial charge in [-0.05, 0) is 6.07 Å². The van der Waals surface area contributed by atoms with Crippen LogP contribution in [0.5, 0.6) is 0 Å². The minimum absolute atomic E-state index is 0.000556. The summed E-state index contributed by atoms with van der Waals surface area (Å²) in [6, 6.07) is 1.65. The Balaban J connectivity index is 2.95. The summed E-state index contributed by atoms with van der Waals surface area (Å²) in [5.41, 5.74) is 0.465. The first-order valence-electron chi connectivity index (χ1n) is 2.61. The zero-order valence-corrected chi connectivity index (χ0v) is 6.08. The highest BCUT2D eigenvalue weighted by Crippen LogP contribution is 1.99. The summed E-state index contributed by atoms with van der Waals surface area (Å²) in [6.07, 6.45) is 1.71. The van der Waals surface area contributed by atoms with Gasteiger partial charge in [-0.15, -0.1) is 0 Å². The van der Waals surface area contributed by atoms with Gasteiger partial charge in [0, 0.05) is 13.2 Å². The average Bonchev–Trinajstić information content (AvgIpc) is 2.34. The number of aromatic nitrogens is 2. The van der Waals surface area contributed by atoms with E-state index in [-0.39, 0.29) is 5.17 Å². The molecule has 0 spiro atoms. The predicted octanol–water partition coefficient (Wildman–Crippen LogP) is 0.795. The van der Waals surface area contributed by atoms with Gasteiger partial charge in [-0.25, -0.2) is 0 Å². The Morgan fingerprint density at radius 2 is 2.60 bits per heavy atom. The fraction of sp³-hybridized carbons (Fsp3) is 0.200. The van der Waals surface area contributed by atoms with Crippen molar-refractivity contribution in [2.45, 2.75) is 0 Å². The van der Waals surface area contributed by atoms with Crippen LogP contribution in [0.3, 0.4) is 0 Å². The number of aryl methyl sites for hydroxylation is 1. The second-order valence-corrected chi connectivity index (χ2v) is 2.12. The molecule has 5 heteroatoms. The molecule has 0 atom stereocenters. The van der Waals surface area contributed by atoms with Gasteiger partial charge in [0.15, 0.2) is 5.17 Å². The summed E-state index contributed by atoms with van der Waals surface area (Å²) < 4.78 is 1.57. The molecular weight excluding hydrogens is 154 g/mol. The lowest BCUT2D eigenvalue weighted by Gasteiger charge is -1.86. The Kier molecular flexibility index (Phi) is 1.91. The summed E-state index contributed by atoms with van der Waals surface area (Å²) in [4.78, 5) is 0. The van der Waals surface area contributed by atoms with Crippen molar-refractivity contribution in [3.05, 3.63) is 18.0 Å². The molecule has 0 radical (unpaired) electrons. The van der Waals surface area contributed by atoms with Crippen LogP contribution in [0.4, 0.5) is 0 Å². The SMILES string of the molecule is Cn1ccc(C(Cl)=NO)n1. The third-order valence-electron chi connectivity index (χ3n) is 1.01. The van der Waals surface area contributed by atoms with Crippen molar-refractivity contribution < 1.29 is 5.21 Å². The highest BCUT2D eigenvalue weighted by Gasteiger charge is 2.01. The van der Waals surface area contributed by atoms with Crippen molar-refractivity contribution >= 4 is 16.8 Å². The number of hydrogen-bond donors (Lipinski definition) is 1. The number of hydrogen-bond acceptors (Lipinski definition) is 3. The molecule has 54 valence electrons. The molecule has 0 aromatic carbocycles. The standard InChI is InChI=1S/C5H6ClN3O/c1-9-3-2-4(7-9)5(6)8-10/h2-3,10H,1H3. The van der Waals surface area contributed by atoms with Crippen LogP contribution >= 0.6 is 11.6 Å². The maximum absolute atomic E-state index is 8.20. The van der Waals surface area contributed by atoms with Gasteiger partial charge in [0.2, 0.25) is 0 Å². The van der Waals surface area contributed by atoms with Crippen LogP contribution in [0.1, 0.15) is 5.69 Å². The van der Waals surface area contributed by atoms with Crippen LogP contribution in [0, 0.1) is 0 Å². The third-order valence-corrected chi connectivity index (χ3v) is 1.28. The molecule has 0 saturated heterocycles. The second kappa shape index (κ2) is 2.70. The van der Waals surface area contributed by atoms with Crippen molar-refractivity contribution in [2.75, 3.05) is 0 Å². The van der Waals surface area contributed by atoms with Crippen molar-refractivity contribution in [3.8, 4) is 0 Å². The molecule has 1 heterocycles. The van der Waals surface area contributed by atoms with Gasteiger partial charge < -0.3 is 5.21 Å². The summed E-state index contributed by atoms with van der Waals surface area (Å²) in [7, 11) is 1.76. The molecule has 0 unspecified atom stereocenters. The molecule has 0 fully saturated rings. The number of halogens is 1.